The molecule has 0 bridgehead atoms. The highest BCUT2D eigenvalue weighted by Crippen LogP contribution is 2.17. The van der Waals surface area contributed by atoms with Crippen molar-refractivity contribution in [1.29, 1.82) is 0 Å². The summed E-state index contributed by atoms with van der Waals surface area (Å²) in [5.41, 5.74) is 0. The van der Waals surface area contributed by atoms with Crippen LogP contribution in [0.5, 0.6) is 0 Å². The van der Waals surface area contributed by atoms with Crippen LogP contribution in [-0.4, -0.2) is 18.4 Å². The van der Waals surface area contributed by atoms with Crippen molar-refractivity contribution in [2.45, 2.75) is 6.92 Å². The quantitative estimate of drug-likeness (QED) is 0.377. The molecule has 0 aliphatic carbocycles. The molecule has 9 heavy (non-hydrogen) atoms. The number of ether oxygens (including phenoxy) is 2. The highest BCUT2D eigenvalue weighted by Gasteiger charge is 2.44. The molecule has 1 aliphatic rings. The molecule has 1 aliphatic heterocycles. The summed E-state index contributed by atoms with van der Waals surface area (Å²) in [6.07, 6.45) is -0.178. The Hall–Kier alpha value is -0.900. The van der Waals surface area contributed by atoms with Gasteiger partial charge in [0.05, 0.1) is 0 Å². The van der Waals surface area contributed by atoms with Crippen LogP contribution in [0.3, 0.4) is 0 Å². The van der Waals surface area contributed by atoms with Gasteiger partial charge in [0, 0.05) is 6.61 Å². The van der Waals surface area contributed by atoms with Crippen LogP contribution in [-0.2, 0) is 19.1 Å². The molecule has 0 amide bonds. The van der Waals surface area contributed by atoms with E-state index in [1.54, 1.807) is 6.92 Å². The number of ketones is 1. The molecule has 4 heteroatoms. The van der Waals surface area contributed by atoms with E-state index in [0.29, 0.717) is 6.61 Å². The zero-order valence-corrected chi connectivity index (χ0v) is 4.84. The van der Waals surface area contributed by atoms with Crippen LogP contribution in [0.25, 0.3) is 0 Å². The minimum atomic E-state index is -0.835. The van der Waals surface area contributed by atoms with Gasteiger partial charge in [0.2, 0.25) is 0 Å². The molecule has 1 radical (unpaired) electrons. The molecule has 0 aromatic rings. The van der Waals surface area contributed by atoms with Gasteiger partial charge in [0.1, 0.15) is 0 Å². The fourth-order valence-corrected chi connectivity index (χ4v) is 0.440. The van der Waals surface area contributed by atoms with Crippen LogP contribution >= 0.6 is 0 Å². The largest absolute Gasteiger partial charge is 0.412 e. The first-order valence-electron chi connectivity index (χ1n) is 2.52. The van der Waals surface area contributed by atoms with Gasteiger partial charge in [-0.2, -0.15) is 0 Å². The Morgan fingerprint density at radius 1 is 1.56 bits per heavy atom. The number of esters is 1. The second-order valence-corrected chi connectivity index (χ2v) is 1.44. The van der Waals surface area contributed by atoms with Gasteiger partial charge in [-0.05, 0) is 6.92 Å². The Morgan fingerprint density at radius 2 is 2.22 bits per heavy atom. The molecule has 49 valence electrons. The average Bonchev–Trinajstić information content (AvgIpc) is 1.88. The third kappa shape index (κ3) is 0.929. The van der Waals surface area contributed by atoms with Crippen molar-refractivity contribution < 1.29 is 19.1 Å². The minimum absolute atomic E-state index is 0.178. The normalized spacial score (nSPS) is 19.2. The van der Waals surface area contributed by atoms with Crippen LogP contribution in [0.1, 0.15) is 6.92 Å². The lowest BCUT2D eigenvalue weighted by Crippen LogP contribution is -2.40. The van der Waals surface area contributed by atoms with Gasteiger partial charge < -0.3 is 9.47 Å². The van der Waals surface area contributed by atoms with Crippen molar-refractivity contribution in [3.63, 3.8) is 0 Å². The third-order valence-corrected chi connectivity index (χ3v) is 0.832. The van der Waals surface area contributed by atoms with Crippen LogP contribution in [0.2, 0.25) is 0 Å². The second-order valence-electron chi connectivity index (χ2n) is 1.44. The van der Waals surface area contributed by atoms with Gasteiger partial charge in [-0.3, -0.25) is 4.79 Å². The van der Waals surface area contributed by atoms with E-state index in [1.807, 2.05) is 0 Å². The number of cyclic esters (lactones) is 1. The lowest BCUT2D eigenvalue weighted by molar-refractivity contribution is -0.184. The summed E-state index contributed by atoms with van der Waals surface area (Å²) in [5, 5.41) is 0. The van der Waals surface area contributed by atoms with Crippen molar-refractivity contribution >= 4 is 11.8 Å². The van der Waals surface area contributed by atoms with Crippen LogP contribution in [0.15, 0.2) is 0 Å². The monoisotopic (exact) mass is 129 g/mol. The Morgan fingerprint density at radius 3 is 2.56 bits per heavy atom. The van der Waals surface area contributed by atoms with Gasteiger partial charge in [-0.15, -0.1) is 0 Å². The molecule has 0 aromatic carbocycles. The Balaban J connectivity index is 2.33. The maximum Gasteiger partial charge on any atom is 0.385 e. The zero-order valence-electron chi connectivity index (χ0n) is 4.84. The Labute approximate surface area is 51.7 Å². The van der Waals surface area contributed by atoms with Crippen molar-refractivity contribution in [1.82, 2.24) is 0 Å². The standard InChI is InChI=1S/C5H5O4/c1-2-8-5-3(6)4(7)9-5/h2H2,1H3. The SMILES string of the molecule is CCO[C]1OC(=O)C1=O. The second kappa shape index (κ2) is 2.14. The van der Waals surface area contributed by atoms with E-state index in [0.717, 1.165) is 0 Å². The summed E-state index contributed by atoms with van der Waals surface area (Å²) in [6.45, 7) is 2.04. The number of Topliss-reactive ketones (excluding diaryl/α,β-unsaturated/α-hetero) is 1. The smallest absolute Gasteiger partial charge is 0.385 e. The molecule has 0 N–H and O–H groups in total. The van der Waals surface area contributed by atoms with Gasteiger partial charge in [0.15, 0.2) is 0 Å². The maximum absolute atomic E-state index is 10.3. The summed E-state index contributed by atoms with van der Waals surface area (Å²) < 4.78 is 8.78. The highest BCUT2D eigenvalue weighted by molar-refractivity contribution is 6.43. The lowest BCUT2D eigenvalue weighted by Gasteiger charge is -2.19. The van der Waals surface area contributed by atoms with E-state index in [1.165, 1.54) is 0 Å². The van der Waals surface area contributed by atoms with Gasteiger partial charge in [0.25, 0.3) is 0 Å². The predicted octanol–water partition coefficient (Wildman–Crippen LogP) is -0.362. The van der Waals surface area contributed by atoms with Crippen LogP contribution < -0.4 is 0 Å². The van der Waals surface area contributed by atoms with Crippen LogP contribution in [0.4, 0.5) is 0 Å². The first-order chi connectivity index (χ1) is 4.25. The third-order valence-electron chi connectivity index (χ3n) is 0.832. The van der Waals surface area contributed by atoms with Gasteiger partial charge >= 0.3 is 18.0 Å². The maximum atomic E-state index is 10.3. The van der Waals surface area contributed by atoms with Crippen LogP contribution in [0, 0.1) is 6.29 Å². The minimum Gasteiger partial charge on any atom is -0.412 e. The fraction of sp³-hybridized carbons (Fsp3) is 0.400. The molecular formula is C5H5O4. The molecule has 0 saturated carbocycles. The Bertz CT molecular complexity index is 151. The predicted molar refractivity (Wildman–Crippen MR) is 26.0 cm³/mol. The lowest BCUT2D eigenvalue weighted by atomic mass is 10.3. The van der Waals surface area contributed by atoms with E-state index in [-0.39, 0.29) is 6.29 Å². The molecule has 0 atom stereocenters. The summed E-state index contributed by atoms with van der Waals surface area (Å²) in [6, 6.07) is 0. The molecular weight excluding hydrogens is 124 g/mol. The molecule has 1 rings (SSSR count). The zero-order chi connectivity index (χ0) is 6.85. The topological polar surface area (TPSA) is 52.6 Å². The van der Waals surface area contributed by atoms with Crippen molar-refractivity contribution in [3.8, 4) is 0 Å². The fourth-order valence-electron chi connectivity index (χ4n) is 0.440. The summed E-state index contributed by atoms with van der Waals surface area (Å²) in [7, 11) is 0. The molecule has 1 fully saturated rings. The van der Waals surface area contributed by atoms with Gasteiger partial charge in [-0.1, -0.05) is 0 Å². The van der Waals surface area contributed by atoms with E-state index in [4.69, 9.17) is 0 Å². The van der Waals surface area contributed by atoms with Gasteiger partial charge in [-0.25, -0.2) is 4.79 Å². The van der Waals surface area contributed by atoms with Crippen molar-refractivity contribution in [2.75, 3.05) is 6.61 Å². The number of hydrogen-bond donors (Lipinski definition) is 0. The van der Waals surface area contributed by atoms with E-state index in [2.05, 4.69) is 9.47 Å². The van der Waals surface area contributed by atoms with E-state index >= 15 is 0 Å². The number of carbonyl (C=O) groups is 2. The number of rotatable bonds is 2. The van der Waals surface area contributed by atoms with E-state index in [9.17, 15) is 9.59 Å². The van der Waals surface area contributed by atoms with Crippen molar-refractivity contribution in [2.24, 2.45) is 0 Å². The first kappa shape index (κ1) is 6.22. The summed E-state index contributed by atoms with van der Waals surface area (Å²) in [4.78, 5) is 20.4. The number of carbonyl (C=O) groups excluding carboxylic acids is 2. The highest BCUT2D eigenvalue weighted by atomic mass is 16.7. The molecule has 1 saturated heterocycles. The molecule has 1 heterocycles. The molecule has 0 aromatic heterocycles. The molecule has 0 spiro atoms. The molecule has 0 unspecified atom stereocenters. The summed E-state index contributed by atoms with van der Waals surface area (Å²) in [5.74, 6) is -1.50. The number of hydrogen-bond acceptors (Lipinski definition) is 4. The Kier molecular flexibility index (Phi) is 1.48. The first-order valence-corrected chi connectivity index (χ1v) is 2.52. The molecule has 4 nitrogen and oxygen atoms in total. The summed E-state index contributed by atoms with van der Waals surface area (Å²) >= 11 is 0. The van der Waals surface area contributed by atoms with E-state index < -0.39 is 11.8 Å². The average molecular weight is 129 g/mol. The van der Waals surface area contributed by atoms with Crippen molar-refractivity contribution in [3.05, 3.63) is 6.29 Å².